The molecule has 0 aliphatic carbocycles. The lowest BCUT2D eigenvalue weighted by atomic mass is 9.91. The molecule has 2 heteroatoms. The Morgan fingerprint density at radius 1 is 1.20 bits per heavy atom. The summed E-state index contributed by atoms with van der Waals surface area (Å²) in [7, 11) is 0. The predicted octanol–water partition coefficient (Wildman–Crippen LogP) is 3.07. The van der Waals surface area contributed by atoms with Gasteiger partial charge in [0.2, 0.25) is 0 Å². The van der Waals surface area contributed by atoms with Crippen LogP contribution in [0.15, 0.2) is 0 Å². The molecule has 0 saturated heterocycles. The topological polar surface area (TPSA) is 21.3 Å². The highest BCUT2D eigenvalue weighted by atomic mass is 16.5. The Labute approximate surface area is 95.8 Å². The van der Waals surface area contributed by atoms with Gasteiger partial charge in [-0.2, -0.15) is 0 Å². The number of rotatable bonds is 10. The van der Waals surface area contributed by atoms with Crippen LogP contribution in [0.5, 0.6) is 0 Å². The minimum absolute atomic E-state index is 0.774. The summed E-state index contributed by atoms with van der Waals surface area (Å²) < 4.78 is 5.37. The van der Waals surface area contributed by atoms with Crippen molar-refractivity contribution < 1.29 is 4.74 Å². The smallest absolute Gasteiger partial charge is 0.0466 e. The maximum Gasteiger partial charge on any atom is 0.0466 e. The fourth-order valence-corrected chi connectivity index (χ4v) is 1.73. The van der Waals surface area contributed by atoms with E-state index in [1.165, 1.54) is 19.3 Å². The summed E-state index contributed by atoms with van der Waals surface area (Å²) in [5, 5.41) is 3.52. The Morgan fingerprint density at radius 2 is 1.93 bits per heavy atom. The highest BCUT2D eigenvalue weighted by Crippen LogP contribution is 2.16. The van der Waals surface area contributed by atoms with Gasteiger partial charge in [-0.15, -0.1) is 0 Å². The summed E-state index contributed by atoms with van der Waals surface area (Å²) in [6.45, 7) is 13.0. The van der Waals surface area contributed by atoms with E-state index in [0.29, 0.717) is 0 Å². The third-order valence-corrected chi connectivity index (χ3v) is 2.84. The zero-order valence-electron chi connectivity index (χ0n) is 11.0. The number of nitrogens with one attached hydrogen (secondary N) is 1. The van der Waals surface area contributed by atoms with Crippen LogP contribution in [0.2, 0.25) is 0 Å². The average molecular weight is 215 g/mol. The van der Waals surface area contributed by atoms with Gasteiger partial charge in [-0.05, 0) is 51.1 Å². The first-order valence-electron chi connectivity index (χ1n) is 6.50. The molecule has 0 amide bonds. The van der Waals surface area contributed by atoms with E-state index in [-0.39, 0.29) is 0 Å². The Morgan fingerprint density at radius 3 is 2.47 bits per heavy atom. The predicted molar refractivity (Wildman–Crippen MR) is 67.2 cm³/mol. The molecule has 0 saturated carbocycles. The monoisotopic (exact) mass is 215 g/mol. The molecule has 0 aliphatic rings. The van der Waals surface area contributed by atoms with Crippen molar-refractivity contribution in [1.29, 1.82) is 0 Å². The van der Waals surface area contributed by atoms with E-state index in [2.05, 4.69) is 33.0 Å². The molecular formula is C13H29NO. The van der Waals surface area contributed by atoms with Gasteiger partial charge in [-0.3, -0.25) is 0 Å². The quantitative estimate of drug-likeness (QED) is 0.565. The molecule has 0 spiro atoms. The molecular weight excluding hydrogens is 186 g/mol. The van der Waals surface area contributed by atoms with Crippen LogP contribution in [0.1, 0.15) is 47.0 Å². The van der Waals surface area contributed by atoms with Crippen molar-refractivity contribution in [2.45, 2.75) is 47.0 Å². The van der Waals surface area contributed by atoms with Gasteiger partial charge in [0.15, 0.2) is 0 Å². The molecule has 0 aromatic heterocycles. The van der Waals surface area contributed by atoms with E-state index in [1.54, 1.807) is 0 Å². The van der Waals surface area contributed by atoms with Crippen LogP contribution in [0.3, 0.4) is 0 Å². The Balaban J connectivity index is 3.54. The molecule has 1 atom stereocenters. The molecule has 0 rings (SSSR count). The Hall–Kier alpha value is -0.0800. The summed E-state index contributed by atoms with van der Waals surface area (Å²) >= 11 is 0. The zero-order valence-corrected chi connectivity index (χ0v) is 11.0. The Kier molecular flexibility index (Phi) is 10.4. The number of ether oxygens (including phenoxy) is 1. The SMILES string of the molecule is CCCNCC(CCCOCC)C(C)C. The van der Waals surface area contributed by atoms with Crippen LogP contribution in [0, 0.1) is 11.8 Å². The van der Waals surface area contributed by atoms with Gasteiger partial charge in [-0.25, -0.2) is 0 Å². The standard InChI is InChI=1S/C13H29NO/c1-5-9-14-11-13(12(3)4)8-7-10-15-6-2/h12-14H,5-11H2,1-4H3. The van der Waals surface area contributed by atoms with E-state index in [0.717, 1.165) is 38.1 Å². The first-order valence-corrected chi connectivity index (χ1v) is 6.50. The van der Waals surface area contributed by atoms with Crippen molar-refractivity contribution in [2.24, 2.45) is 11.8 Å². The van der Waals surface area contributed by atoms with Gasteiger partial charge >= 0.3 is 0 Å². The molecule has 1 unspecified atom stereocenters. The minimum atomic E-state index is 0.774. The molecule has 0 radical (unpaired) electrons. The first-order chi connectivity index (χ1) is 7.22. The highest BCUT2D eigenvalue weighted by molar-refractivity contribution is 4.66. The van der Waals surface area contributed by atoms with Crippen LogP contribution in [-0.4, -0.2) is 26.3 Å². The van der Waals surface area contributed by atoms with Crippen LogP contribution in [0.25, 0.3) is 0 Å². The zero-order chi connectivity index (χ0) is 11.5. The summed E-state index contributed by atoms with van der Waals surface area (Å²) in [5.74, 6) is 1.58. The van der Waals surface area contributed by atoms with Crippen LogP contribution >= 0.6 is 0 Å². The van der Waals surface area contributed by atoms with Crippen LogP contribution < -0.4 is 5.32 Å². The fraction of sp³-hybridized carbons (Fsp3) is 1.00. The molecule has 92 valence electrons. The lowest BCUT2D eigenvalue weighted by Crippen LogP contribution is -2.27. The van der Waals surface area contributed by atoms with Gasteiger partial charge in [0.05, 0.1) is 0 Å². The largest absolute Gasteiger partial charge is 0.382 e. The second kappa shape index (κ2) is 10.4. The second-order valence-electron chi connectivity index (χ2n) is 4.55. The van der Waals surface area contributed by atoms with Gasteiger partial charge in [0.25, 0.3) is 0 Å². The molecule has 0 aromatic rings. The van der Waals surface area contributed by atoms with E-state index in [4.69, 9.17) is 4.74 Å². The van der Waals surface area contributed by atoms with Crippen LogP contribution in [-0.2, 0) is 4.74 Å². The van der Waals surface area contributed by atoms with Crippen molar-refractivity contribution in [3.63, 3.8) is 0 Å². The fourth-order valence-electron chi connectivity index (χ4n) is 1.73. The van der Waals surface area contributed by atoms with E-state index >= 15 is 0 Å². The summed E-state index contributed by atoms with van der Waals surface area (Å²) in [6.07, 6.45) is 3.71. The maximum absolute atomic E-state index is 5.37. The molecule has 0 fully saturated rings. The molecule has 0 bridgehead atoms. The van der Waals surface area contributed by atoms with Gasteiger partial charge in [-0.1, -0.05) is 20.8 Å². The summed E-state index contributed by atoms with van der Waals surface area (Å²) in [4.78, 5) is 0. The van der Waals surface area contributed by atoms with Gasteiger partial charge < -0.3 is 10.1 Å². The molecule has 15 heavy (non-hydrogen) atoms. The second-order valence-corrected chi connectivity index (χ2v) is 4.55. The van der Waals surface area contributed by atoms with E-state index < -0.39 is 0 Å². The van der Waals surface area contributed by atoms with Crippen molar-refractivity contribution in [1.82, 2.24) is 5.32 Å². The number of hydrogen-bond acceptors (Lipinski definition) is 2. The van der Waals surface area contributed by atoms with Crippen molar-refractivity contribution in [3.05, 3.63) is 0 Å². The normalized spacial score (nSPS) is 13.4. The average Bonchev–Trinajstić information content (AvgIpc) is 2.21. The molecule has 0 aliphatic heterocycles. The maximum atomic E-state index is 5.37. The molecule has 0 aromatic carbocycles. The van der Waals surface area contributed by atoms with Crippen molar-refractivity contribution in [2.75, 3.05) is 26.3 Å². The molecule has 2 nitrogen and oxygen atoms in total. The van der Waals surface area contributed by atoms with Crippen molar-refractivity contribution in [3.8, 4) is 0 Å². The summed E-state index contributed by atoms with van der Waals surface area (Å²) in [5.41, 5.74) is 0. The number of hydrogen-bond donors (Lipinski definition) is 1. The molecule has 0 heterocycles. The Bertz CT molecular complexity index is 126. The van der Waals surface area contributed by atoms with Gasteiger partial charge in [0.1, 0.15) is 0 Å². The lowest BCUT2D eigenvalue weighted by molar-refractivity contribution is 0.136. The van der Waals surface area contributed by atoms with E-state index in [1.807, 2.05) is 0 Å². The summed E-state index contributed by atoms with van der Waals surface area (Å²) in [6, 6.07) is 0. The molecule has 1 N–H and O–H groups in total. The third-order valence-electron chi connectivity index (χ3n) is 2.84. The lowest BCUT2D eigenvalue weighted by Gasteiger charge is -2.21. The minimum Gasteiger partial charge on any atom is -0.382 e. The van der Waals surface area contributed by atoms with Crippen molar-refractivity contribution >= 4 is 0 Å². The first kappa shape index (κ1) is 14.9. The van der Waals surface area contributed by atoms with Crippen LogP contribution in [0.4, 0.5) is 0 Å². The van der Waals surface area contributed by atoms with Gasteiger partial charge in [0, 0.05) is 13.2 Å². The third kappa shape index (κ3) is 8.88. The van der Waals surface area contributed by atoms with E-state index in [9.17, 15) is 0 Å². The highest BCUT2D eigenvalue weighted by Gasteiger charge is 2.12.